The number of ether oxygens (including phenoxy) is 1. The maximum Gasteiger partial charge on any atom is 0.253 e. The molecule has 0 bridgehead atoms. The zero-order valence-electron chi connectivity index (χ0n) is 11.8. The molecule has 20 heavy (non-hydrogen) atoms. The van der Waals surface area contributed by atoms with Gasteiger partial charge in [-0.05, 0) is 19.1 Å². The minimum absolute atomic E-state index is 0.150. The Labute approximate surface area is 118 Å². The highest BCUT2D eigenvalue weighted by atomic mass is 16.5. The molecule has 0 saturated heterocycles. The fourth-order valence-corrected chi connectivity index (χ4v) is 1.72. The first-order chi connectivity index (χ1) is 9.62. The van der Waals surface area contributed by atoms with Crippen LogP contribution >= 0.6 is 0 Å². The fraction of sp³-hybridized carbons (Fsp3) is 0.429. The average Bonchev–Trinajstić information content (AvgIpc) is 2.45. The van der Waals surface area contributed by atoms with Crippen molar-refractivity contribution in [1.29, 1.82) is 0 Å². The second-order valence-corrected chi connectivity index (χ2v) is 4.25. The van der Waals surface area contributed by atoms with Crippen molar-refractivity contribution in [3.63, 3.8) is 0 Å². The number of hydrogen-bond donors (Lipinski definition) is 3. The lowest BCUT2D eigenvalue weighted by Crippen LogP contribution is -2.29. The summed E-state index contributed by atoms with van der Waals surface area (Å²) in [5.41, 5.74) is 6.39. The van der Waals surface area contributed by atoms with E-state index in [4.69, 9.17) is 10.5 Å². The highest BCUT2D eigenvalue weighted by Crippen LogP contribution is 2.15. The van der Waals surface area contributed by atoms with Crippen molar-refractivity contribution in [3.8, 4) is 0 Å². The first-order valence-corrected chi connectivity index (χ1v) is 6.52. The van der Waals surface area contributed by atoms with Gasteiger partial charge in [-0.15, -0.1) is 0 Å². The molecule has 0 aliphatic heterocycles. The number of nitrogens with one attached hydrogen (secondary N) is 2. The van der Waals surface area contributed by atoms with E-state index in [1.165, 1.54) is 7.11 Å². The van der Waals surface area contributed by atoms with E-state index in [1.807, 2.05) is 6.92 Å². The molecule has 0 radical (unpaired) electrons. The quantitative estimate of drug-likeness (QED) is 0.686. The van der Waals surface area contributed by atoms with Gasteiger partial charge in [0.15, 0.2) is 0 Å². The van der Waals surface area contributed by atoms with Crippen LogP contribution in [-0.4, -0.2) is 38.1 Å². The first-order valence-electron chi connectivity index (χ1n) is 6.52. The monoisotopic (exact) mass is 279 g/mol. The van der Waals surface area contributed by atoms with Gasteiger partial charge in [-0.3, -0.25) is 9.59 Å². The average molecular weight is 279 g/mol. The van der Waals surface area contributed by atoms with Crippen molar-refractivity contribution < 1.29 is 14.3 Å². The first kappa shape index (κ1) is 16.1. The predicted octanol–water partition coefficient (Wildman–Crippen LogP) is 0.739. The molecule has 0 aliphatic rings. The molecule has 6 nitrogen and oxygen atoms in total. The third-order valence-electron chi connectivity index (χ3n) is 2.79. The van der Waals surface area contributed by atoms with Crippen LogP contribution in [0.4, 0.5) is 5.69 Å². The smallest absolute Gasteiger partial charge is 0.253 e. The lowest BCUT2D eigenvalue weighted by atomic mass is 10.1. The Morgan fingerprint density at radius 2 is 2.05 bits per heavy atom. The van der Waals surface area contributed by atoms with Crippen LogP contribution in [0.15, 0.2) is 24.3 Å². The summed E-state index contributed by atoms with van der Waals surface area (Å²) in [6.07, 6.45) is -0.178. The number of nitrogens with two attached hydrogens (primary N) is 1. The number of para-hydroxylation sites is 1. The molecule has 1 aromatic rings. The molecule has 0 saturated carbocycles. The van der Waals surface area contributed by atoms with Crippen LogP contribution in [-0.2, 0) is 9.53 Å². The minimum Gasteiger partial charge on any atom is -0.380 e. The van der Waals surface area contributed by atoms with Crippen molar-refractivity contribution in [3.05, 3.63) is 29.8 Å². The van der Waals surface area contributed by atoms with Crippen LogP contribution in [0, 0.1) is 0 Å². The predicted molar refractivity (Wildman–Crippen MR) is 77.5 cm³/mol. The van der Waals surface area contributed by atoms with Gasteiger partial charge in [0.25, 0.3) is 5.91 Å². The number of methoxy groups -OCH3 is 1. The number of anilines is 1. The van der Waals surface area contributed by atoms with Crippen LogP contribution in [0.5, 0.6) is 0 Å². The Balaban J connectivity index is 2.77. The van der Waals surface area contributed by atoms with Gasteiger partial charge in [0.1, 0.15) is 0 Å². The summed E-state index contributed by atoms with van der Waals surface area (Å²) < 4.78 is 5.06. The topological polar surface area (TPSA) is 93.5 Å². The lowest BCUT2D eigenvalue weighted by Gasteiger charge is -2.14. The molecule has 2 amide bonds. The molecule has 110 valence electrons. The van der Waals surface area contributed by atoms with E-state index in [2.05, 4.69) is 10.6 Å². The molecule has 0 heterocycles. The van der Waals surface area contributed by atoms with E-state index in [0.717, 1.165) is 0 Å². The van der Waals surface area contributed by atoms with E-state index in [-0.39, 0.29) is 30.9 Å². The number of benzene rings is 1. The number of rotatable bonds is 7. The normalized spacial score (nSPS) is 11.8. The highest BCUT2D eigenvalue weighted by Gasteiger charge is 2.15. The summed E-state index contributed by atoms with van der Waals surface area (Å²) in [4.78, 5) is 23.8. The largest absolute Gasteiger partial charge is 0.380 e. The molecular weight excluding hydrogens is 258 g/mol. The Kier molecular flexibility index (Phi) is 6.69. The third-order valence-corrected chi connectivity index (χ3v) is 2.79. The van der Waals surface area contributed by atoms with Gasteiger partial charge in [0.05, 0.1) is 23.8 Å². The standard InChI is InChI=1S/C14H21N3O3/c1-3-16-14(19)11-6-4-5-7-12(11)17-13(18)8-10(9-15)20-2/h4-7,10H,3,8-9,15H2,1-2H3,(H,16,19)(H,17,18). The Morgan fingerprint density at radius 3 is 2.65 bits per heavy atom. The molecule has 0 aliphatic carbocycles. The van der Waals surface area contributed by atoms with Crippen molar-refractivity contribution in [2.45, 2.75) is 19.4 Å². The van der Waals surface area contributed by atoms with E-state index in [9.17, 15) is 9.59 Å². The molecular formula is C14H21N3O3. The molecule has 6 heteroatoms. The molecule has 4 N–H and O–H groups in total. The Bertz CT molecular complexity index is 459. The van der Waals surface area contributed by atoms with Crippen molar-refractivity contribution >= 4 is 17.5 Å². The van der Waals surface area contributed by atoms with Crippen molar-refractivity contribution in [2.75, 3.05) is 25.5 Å². The van der Waals surface area contributed by atoms with E-state index in [0.29, 0.717) is 17.8 Å². The molecule has 0 spiro atoms. The van der Waals surface area contributed by atoms with Crippen molar-refractivity contribution in [1.82, 2.24) is 5.32 Å². The van der Waals surface area contributed by atoms with Crippen LogP contribution < -0.4 is 16.4 Å². The zero-order chi connectivity index (χ0) is 15.0. The lowest BCUT2D eigenvalue weighted by molar-refractivity contribution is -0.118. The SMILES string of the molecule is CCNC(=O)c1ccccc1NC(=O)CC(CN)OC. The molecule has 0 aromatic heterocycles. The van der Waals surface area contributed by atoms with Gasteiger partial charge in [-0.25, -0.2) is 0 Å². The summed E-state index contributed by atoms with van der Waals surface area (Å²) in [5.74, 6) is -0.454. The van der Waals surface area contributed by atoms with Crippen LogP contribution in [0.3, 0.4) is 0 Å². The summed E-state index contributed by atoms with van der Waals surface area (Å²) in [5, 5.41) is 5.42. The van der Waals surface area contributed by atoms with E-state index >= 15 is 0 Å². The minimum atomic E-state index is -0.327. The zero-order valence-corrected chi connectivity index (χ0v) is 11.8. The number of hydrogen-bond acceptors (Lipinski definition) is 4. The molecule has 1 rings (SSSR count). The Morgan fingerprint density at radius 1 is 1.35 bits per heavy atom. The van der Waals surface area contributed by atoms with Gasteiger partial charge >= 0.3 is 0 Å². The van der Waals surface area contributed by atoms with Gasteiger partial charge < -0.3 is 21.1 Å². The summed E-state index contributed by atoms with van der Waals surface area (Å²) >= 11 is 0. The summed E-state index contributed by atoms with van der Waals surface area (Å²) in [6.45, 7) is 2.63. The van der Waals surface area contributed by atoms with Gasteiger partial charge in [0.2, 0.25) is 5.91 Å². The van der Waals surface area contributed by atoms with Gasteiger partial charge in [-0.1, -0.05) is 12.1 Å². The number of carbonyl (C=O) groups is 2. The van der Waals surface area contributed by atoms with Crippen molar-refractivity contribution in [2.24, 2.45) is 5.73 Å². The van der Waals surface area contributed by atoms with Gasteiger partial charge in [0, 0.05) is 20.2 Å². The van der Waals surface area contributed by atoms with Gasteiger partial charge in [-0.2, -0.15) is 0 Å². The third kappa shape index (κ3) is 4.64. The van der Waals surface area contributed by atoms with Crippen LogP contribution in [0.25, 0.3) is 0 Å². The molecule has 1 atom stereocenters. The van der Waals surface area contributed by atoms with Crippen LogP contribution in [0.1, 0.15) is 23.7 Å². The number of carbonyl (C=O) groups excluding carboxylic acids is 2. The van der Waals surface area contributed by atoms with E-state index < -0.39 is 0 Å². The maximum absolute atomic E-state index is 11.9. The fourth-order valence-electron chi connectivity index (χ4n) is 1.72. The molecule has 1 aromatic carbocycles. The van der Waals surface area contributed by atoms with Crippen LogP contribution in [0.2, 0.25) is 0 Å². The molecule has 0 fully saturated rings. The Hall–Kier alpha value is -1.92. The maximum atomic E-state index is 11.9. The highest BCUT2D eigenvalue weighted by molar-refractivity contribution is 6.03. The second kappa shape index (κ2) is 8.29. The summed E-state index contributed by atoms with van der Waals surface area (Å²) in [6, 6.07) is 6.86. The molecule has 1 unspecified atom stereocenters. The summed E-state index contributed by atoms with van der Waals surface area (Å²) in [7, 11) is 1.51. The van der Waals surface area contributed by atoms with E-state index in [1.54, 1.807) is 24.3 Å². The number of amides is 2. The second-order valence-electron chi connectivity index (χ2n) is 4.25.